The molecule has 4 rings (SSSR count). The Labute approximate surface area is 222 Å². The van der Waals surface area contributed by atoms with Crippen molar-refractivity contribution in [3.63, 3.8) is 0 Å². The van der Waals surface area contributed by atoms with Crippen LogP contribution in [0.3, 0.4) is 0 Å². The number of azo groups is 1. The zero-order chi connectivity index (χ0) is 26.9. The van der Waals surface area contributed by atoms with Crippen molar-refractivity contribution in [2.75, 3.05) is 12.4 Å². The summed E-state index contributed by atoms with van der Waals surface area (Å²) in [6.45, 7) is 1.41. The van der Waals surface area contributed by atoms with Crippen LogP contribution < -0.4 is 10.1 Å². The van der Waals surface area contributed by atoms with Crippen LogP contribution in [0.4, 0.5) is 17.1 Å². The van der Waals surface area contributed by atoms with Gasteiger partial charge < -0.3 is 15.2 Å². The number of phenols is 1. The molecule has 0 saturated heterocycles. The first kappa shape index (κ1) is 26.4. The summed E-state index contributed by atoms with van der Waals surface area (Å²) in [6.07, 6.45) is 0. The highest BCUT2D eigenvalue weighted by molar-refractivity contribution is 7.85. The second-order valence-electron chi connectivity index (χ2n) is 7.84. The molecule has 9 nitrogen and oxygen atoms in total. The number of anilines is 1. The van der Waals surface area contributed by atoms with Crippen LogP contribution in [-0.4, -0.2) is 31.1 Å². The lowest BCUT2D eigenvalue weighted by molar-refractivity contribution is 0.102. The average molecular weight is 560 g/mol. The third-order valence-corrected chi connectivity index (χ3v) is 7.11. The van der Waals surface area contributed by atoms with E-state index in [1.165, 1.54) is 32.2 Å². The van der Waals surface area contributed by atoms with Crippen molar-refractivity contribution in [2.24, 2.45) is 10.2 Å². The van der Waals surface area contributed by atoms with Crippen LogP contribution in [0.25, 0.3) is 10.8 Å². The first-order valence-corrected chi connectivity index (χ1v) is 12.8. The Bertz CT molecular complexity index is 1690. The van der Waals surface area contributed by atoms with Gasteiger partial charge in [0.25, 0.3) is 16.0 Å². The maximum Gasteiger partial charge on any atom is 0.294 e. The predicted octanol–water partition coefficient (Wildman–Crippen LogP) is 7.08. The van der Waals surface area contributed by atoms with E-state index in [1.807, 2.05) is 0 Å². The first-order chi connectivity index (χ1) is 17.5. The Kier molecular flexibility index (Phi) is 7.37. The van der Waals surface area contributed by atoms with Gasteiger partial charge in [-0.05, 0) is 54.3 Å². The van der Waals surface area contributed by atoms with Crippen LogP contribution in [-0.2, 0) is 10.1 Å². The highest BCUT2D eigenvalue weighted by Gasteiger charge is 2.21. The number of phenolic OH excluding ortho intramolecular Hbond substituents is 1. The molecule has 3 N–H and O–H groups in total. The van der Waals surface area contributed by atoms with Crippen molar-refractivity contribution >= 4 is 67.1 Å². The molecule has 0 aliphatic rings. The van der Waals surface area contributed by atoms with E-state index in [4.69, 9.17) is 27.9 Å². The molecule has 0 bridgehead atoms. The number of methoxy groups -OCH3 is 1. The fourth-order valence-corrected chi connectivity index (χ4v) is 4.91. The molecule has 37 heavy (non-hydrogen) atoms. The number of carbonyl (C=O) groups is 1. The van der Waals surface area contributed by atoms with Gasteiger partial charge >= 0.3 is 0 Å². The summed E-state index contributed by atoms with van der Waals surface area (Å²) in [6, 6.07) is 15.5. The predicted molar refractivity (Wildman–Crippen MR) is 142 cm³/mol. The Morgan fingerprint density at radius 1 is 0.973 bits per heavy atom. The topological polar surface area (TPSA) is 138 Å². The Morgan fingerprint density at radius 3 is 2.35 bits per heavy atom. The number of halogens is 2. The van der Waals surface area contributed by atoms with Crippen LogP contribution in [0.1, 0.15) is 15.9 Å². The number of amides is 1. The first-order valence-electron chi connectivity index (χ1n) is 10.6. The highest BCUT2D eigenvalue weighted by Crippen LogP contribution is 2.41. The molecule has 4 aromatic rings. The number of aromatic hydroxyl groups is 1. The molecule has 0 atom stereocenters. The van der Waals surface area contributed by atoms with Gasteiger partial charge in [-0.15, -0.1) is 10.2 Å². The largest absolute Gasteiger partial charge is 0.505 e. The van der Waals surface area contributed by atoms with E-state index in [2.05, 4.69) is 15.5 Å². The molecule has 0 radical (unpaired) electrons. The number of hydrogen-bond donors (Lipinski definition) is 3. The summed E-state index contributed by atoms with van der Waals surface area (Å²) < 4.78 is 38.0. The molecule has 0 aromatic heterocycles. The third-order valence-electron chi connectivity index (χ3n) is 5.51. The third kappa shape index (κ3) is 5.37. The number of rotatable bonds is 6. The van der Waals surface area contributed by atoms with Crippen LogP contribution in [0.2, 0.25) is 10.0 Å². The van der Waals surface area contributed by atoms with E-state index in [-0.39, 0.29) is 37.4 Å². The van der Waals surface area contributed by atoms with Gasteiger partial charge in [0.15, 0.2) is 5.75 Å². The van der Waals surface area contributed by atoms with E-state index in [0.717, 1.165) is 6.07 Å². The number of hydrogen-bond acceptors (Lipinski definition) is 7. The zero-order valence-corrected chi connectivity index (χ0v) is 21.7. The fourth-order valence-electron chi connectivity index (χ4n) is 3.69. The average Bonchev–Trinajstić information content (AvgIpc) is 2.84. The summed E-state index contributed by atoms with van der Waals surface area (Å²) in [5.74, 6) is -0.661. The van der Waals surface area contributed by atoms with Gasteiger partial charge in [0.2, 0.25) is 0 Å². The Hall–Kier alpha value is -3.70. The van der Waals surface area contributed by atoms with Crippen LogP contribution in [0.15, 0.2) is 75.8 Å². The van der Waals surface area contributed by atoms with Crippen LogP contribution in [0.5, 0.6) is 11.5 Å². The summed E-state index contributed by atoms with van der Waals surface area (Å²) in [5, 5.41) is 23.3. The monoisotopic (exact) mass is 559 g/mol. The summed E-state index contributed by atoms with van der Waals surface area (Å²) in [7, 11) is -3.07. The maximum absolute atomic E-state index is 13.1. The number of carbonyl (C=O) groups excluding carboxylic acids is 1. The SMILES string of the molecule is COc1ccc(NC(=O)c2cc3ccccc3c(N=Nc3c(Cl)ccc(S(=O)(=O)O)c3C)c2O)cc1Cl. The summed E-state index contributed by atoms with van der Waals surface area (Å²) >= 11 is 12.3. The van der Waals surface area contributed by atoms with Gasteiger partial charge in [0, 0.05) is 11.1 Å². The lowest BCUT2D eigenvalue weighted by atomic mass is 10.0. The highest BCUT2D eigenvalue weighted by atomic mass is 35.5. The minimum atomic E-state index is -4.53. The molecule has 0 saturated carbocycles. The van der Waals surface area contributed by atoms with Gasteiger partial charge in [0.1, 0.15) is 17.1 Å². The quantitative estimate of drug-likeness (QED) is 0.170. The van der Waals surface area contributed by atoms with E-state index < -0.39 is 21.8 Å². The number of ether oxygens (including phenoxy) is 1. The Balaban J connectivity index is 1.81. The van der Waals surface area contributed by atoms with Gasteiger partial charge in [-0.3, -0.25) is 9.35 Å². The number of fused-ring (bicyclic) bond motifs is 1. The van der Waals surface area contributed by atoms with Crippen LogP contribution in [0, 0.1) is 6.92 Å². The molecule has 0 spiro atoms. The molecule has 1 amide bonds. The van der Waals surface area contributed by atoms with Gasteiger partial charge in [-0.1, -0.05) is 47.5 Å². The van der Waals surface area contributed by atoms with Crippen molar-refractivity contribution in [3.05, 3.63) is 81.8 Å². The standard InChI is InChI=1S/C25H19Cl2N3O6S/c1-13-21(37(33,34)35)10-8-18(26)22(13)29-30-23-16-6-4-3-5-14(16)11-17(24(23)31)25(32)28-15-7-9-20(36-2)19(27)12-15/h3-12,31H,1-2H3,(H,28,32)(H,33,34,35). The molecular formula is C25H19Cl2N3O6S. The lowest BCUT2D eigenvalue weighted by Gasteiger charge is -2.12. The number of nitrogens with zero attached hydrogens (tertiary/aromatic N) is 2. The molecule has 4 aromatic carbocycles. The molecule has 0 heterocycles. The smallest absolute Gasteiger partial charge is 0.294 e. The van der Waals surface area contributed by atoms with Crippen molar-refractivity contribution in [2.45, 2.75) is 11.8 Å². The van der Waals surface area contributed by atoms with Crippen molar-refractivity contribution < 1.29 is 27.6 Å². The second-order valence-corrected chi connectivity index (χ2v) is 10.0. The van der Waals surface area contributed by atoms with E-state index in [0.29, 0.717) is 22.2 Å². The normalized spacial score (nSPS) is 11.7. The fraction of sp³-hybridized carbons (Fsp3) is 0.0800. The lowest BCUT2D eigenvalue weighted by Crippen LogP contribution is -2.12. The van der Waals surface area contributed by atoms with Gasteiger partial charge in [0.05, 0.1) is 27.6 Å². The summed E-state index contributed by atoms with van der Waals surface area (Å²) in [4.78, 5) is 12.7. The Morgan fingerprint density at radius 2 is 1.68 bits per heavy atom. The molecule has 190 valence electrons. The molecule has 0 aliphatic carbocycles. The van der Waals surface area contributed by atoms with Gasteiger partial charge in [-0.25, -0.2) is 0 Å². The van der Waals surface area contributed by atoms with E-state index >= 15 is 0 Å². The number of nitrogens with one attached hydrogen (secondary N) is 1. The van der Waals surface area contributed by atoms with Crippen LogP contribution >= 0.6 is 23.2 Å². The molecule has 0 unspecified atom stereocenters. The minimum Gasteiger partial charge on any atom is -0.505 e. The van der Waals surface area contributed by atoms with Crippen molar-refractivity contribution in [1.29, 1.82) is 0 Å². The van der Waals surface area contributed by atoms with Crippen molar-refractivity contribution in [1.82, 2.24) is 0 Å². The minimum absolute atomic E-state index is 0.0250. The maximum atomic E-state index is 13.1. The number of benzene rings is 4. The zero-order valence-electron chi connectivity index (χ0n) is 19.4. The second kappa shape index (κ2) is 10.3. The van der Waals surface area contributed by atoms with E-state index in [9.17, 15) is 22.9 Å². The molecule has 0 fully saturated rings. The molecular weight excluding hydrogens is 541 g/mol. The molecule has 12 heteroatoms. The van der Waals surface area contributed by atoms with Gasteiger partial charge in [-0.2, -0.15) is 8.42 Å². The van der Waals surface area contributed by atoms with Crippen molar-refractivity contribution in [3.8, 4) is 11.5 Å². The molecule has 0 aliphatic heterocycles. The van der Waals surface area contributed by atoms with E-state index in [1.54, 1.807) is 36.4 Å². The summed E-state index contributed by atoms with van der Waals surface area (Å²) in [5.41, 5.74) is 0.282.